The minimum absolute atomic E-state index is 0.180. The number of hydrogen-bond donors (Lipinski definition) is 1. The first-order valence-electron chi connectivity index (χ1n) is 6.27. The summed E-state index contributed by atoms with van der Waals surface area (Å²) in [6.07, 6.45) is 5.45. The third-order valence-corrected chi connectivity index (χ3v) is 3.95. The third-order valence-electron chi connectivity index (χ3n) is 3.79. The summed E-state index contributed by atoms with van der Waals surface area (Å²) in [5.74, 6) is 0.892. The topological polar surface area (TPSA) is 0 Å². The van der Waals surface area contributed by atoms with Gasteiger partial charge in [0, 0.05) is 4.75 Å². The molecular weight excluding hydrogens is 200 g/mol. The minimum Gasteiger partial charge on any atom is -0.173 e. The Morgan fingerprint density at radius 3 is 1.87 bits per heavy atom. The first-order valence-corrected chi connectivity index (χ1v) is 6.71. The summed E-state index contributed by atoms with van der Waals surface area (Å²) >= 11 is 4.73. The molecule has 1 fully saturated rings. The summed E-state index contributed by atoms with van der Waals surface area (Å²) in [5.41, 5.74) is 1.03. The van der Waals surface area contributed by atoms with Crippen molar-refractivity contribution in [1.82, 2.24) is 0 Å². The third kappa shape index (κ3) is 3.69. The number of thiol groups is 1. The standard InChI is InChI=1S/C14H28S/c1-11-7-8-14(11,9-12(2,3)4)10-13(5,6)15/h11,15H,7-10H2,1-6H3. The predicted octanol–water partition coefficient (Wildman–Crippen LogP) is 4.94. The van der Waals surface area contributed by atoms with Gasteiger partial charge in [-0.15, -0.1) is 0 Å². The Labute approximate surface area is 102 Å². The zero-order valence-corrected chi connectivity index (χ0v) is 12.2. The molecule has 0 aromatic rings. The number of hydrogen-bond acceptors (Lipinski definition) is 1. The normalized spacial score (nSPS) is 32.6. The average molecular weight is 228 g/mol. The molecule has 2 atom stereocenters. The van der Waals surface area contributed by atoms with Crippen LogP contribution in [0.2, 0.25) is 0 Å². The van der Waals surface area contributed by atoms with Gasteiger partial charge >= 0.3 is 0 Å². The Balaban J connectivity index is 2.73. The van der Waals surface area contributed by atoms with E-state index in [1.165, 1.54) is 25.7 Å². The van der Waals surface area contributed by atoms with Crippen molar-refractivity contribution in [2.24, 2.45) is 16.7 Å². The van der Waals surface area contributed by atoms with Crippen LogP contribution >= 0.6 is 12.6 Å². The van der Waals surface area contributed by atoms with Gasteiger partial charge in [-0.2, -0.15) is 12.6 Å². The molecule has 0 aromatic carbocycles. The van der Waals surface area contributed by atoms with Crippen LogP contribution in [0, 0.1) is 16.7 Å². The van der Waals surface area contributed by atoms with Crippen molar-refractivity contribution in [3.8, 4) is 0 Å². The second kappa shape index (κ2) is 3.98. The SMILES string of the molecule is CC1CCC1(CC(C)(C)C)CC(C)(C)S. The van der Waals surface area contributed by atoms with Crippen molar-refractivity contribution < 1.29 is 0 Å². The summed E-state index contributed by atoms with van der Waals surface area (Å²) in [7, 11) is 0. The quantitative estimate of drug-likeness (QED) is 0.650. The molecule has 1 heteroatoms. The molecule has 1 aliphatic carbocycles. The fourth-order valence-corrected chi connectivity index (χ4v) is 3.66. The maximum atomic E-state index is 4.73. The average Bonchev–Trinajstić information content (AvgIpc) is 1.95. The molecule has 0 nitrogen and oxygen atoms in total. The van der Waals surface area contributed by atoms with Gasteiger partial charge in [0.05, 0.1) is 0 Å². The smallest absolute Gasteiger partial charge is 0.00785 e. The lowest BCUT2D eigenvalue weighted by Gasteiger charge is -2.54. The Hall–Kier alpha value is 0.350. The number of rotatable bonds is 3. The molecule has 0 spiro atoms. The second-order valence-electron chi connectivity index (χ2n) is 7.53. The van der Waals surface area contributed by atoms with Gasteiger partial charge in [0.2, 0.25) is 0 Å². The minimum atomic E-state index is 0.180. The van der Waals surface area contributed by atoms with E-state index in [0.29, 0.717) is 10.8 Å². The Kier molecular flexibility index (Phi) is 3.56. The van der Waals surface area contributed by atoms with Gasteiger partial charge in [-0.25, -0.2) is 0 Å². The van der Waals surface area contributed by atoms with Crippen molar-refractivity contribution in [2.75, 3.05) is 0 Å². The summed E-state index contributed by atoms with van der Waals surface area (Å²) in [4.78, 5) is 0. The van der Waals surface area contributed by atoms with E-state index >= 15 is 0 Å². The molecular formula is C14H28S. The van der Waals surface area contributed by atoms with Gasteiger partial charge in [-0.3, -0.25) is 0 Å². The van der Waals surface area contributed by atoms with E-state index in [4.69, 9.17) is 12.6 Å². The molecule has 0 saturated heterocycles. The van der Waals surface area contributed by atoms with E-state index in [0.717, 1.165) is 5.92 Å². The Morgan fingerprint density at radius 2 is 1.67 bits per heavy atom. The van der Waals surface area contributed by atoms with Crippen LogP contribution in [0.4, 0.5) is 0 Å². The van der Waals surface area contributed by atoms with Crippen molar-refractivity contribution in [2.45, 2.75) is 72.0 Å². The zero-order valence-electron chi connectivity index (χ0n) is 11.4. The van der Waals surface area contributed by atoms with Crippen molar-refractivity contribution >= 4 is 12.6 Å². The molecule has 0 aliphatic heterocycles. The molecule has 0 bridgehead atoms. The molecule has 1 aliphatic rings. The van der Waals surface area contributed by atoms with Crippen LogP contribution in [0.5, 0.6) is 0 Å². The summed E-state index contributed by atoms with van der Waals surface area (Å²) < 4.78 is 0.180. The monoisotopic (exact) mass is 228 g/mol. The van der Waals surface area contributed by atoms with E-state index in [1.54, 1.807) is 0 Å². The van der Waals surface area contributed by atoms with Crippen molar-refractivity contribution in [3.05, 3.63) is 0 Å². The Morgan fingerprint density at radius 1 is 1.13 bits per heavy atom. The summed E-state index contributed by atoms with van der Waals surface area (Å²) in [6, 6.07) is 0. The predicted molar refractivity (Wildman–Crippen MR) is 72.6 cm³/mol. The molecule has 1 saturated carbocycles. The van der Waals surface area contributed by atoms with E-state index < -0.39 is 0 Å². The van der Waals surface area contributed by atoms with Crippen LogP contribution in [-0.4, -0.2) is 4.75 Å². The van der Waals surface area contributed by atoms with Crippen LogP contribution in [-0.2, 0) is 0 Å². The van der Waals surface area contributed by atoms with E-state index in [-0.39, 0.29) is 4.75 Å². The Bertz CT molecular complexity index is 200. The lowest BCUT2D eigenvalue weighted by Crippen LogP contribution is -2.44. The van der Waals surface area contributed by atoms with Crippen LogP contribution in [0.25, 0.3) is 0 Å². The molecule has 0 N–H and O–H groups in total. The van der Waals surface area contributed by atoms with Crippen LogP contribution < -0.4 is 0 Å². The van der Waals surface area contributed by atoms with Gasteiger partial charge in [0.15, 0.2) is 0 Å². The van der Waals surface area contributed by atoms with E-state index in [1.807, 2.05) is 0 Å². The maximum absolute atomic E-state index is 4.73. The summed E-state index contributed by atoms with van der Waals surface area (Å²) in [6.45, 7) is 14.0. The van der Waals surface area contributed by atoms with Crippen LogP contribution in [0.15, 0.2) is 0 Å². The van der Waals surface area contributed by atoms with Gasteiger partial charge in [-0.05, 0) is 42.4 Å². The molecule has 0 aromatic heterocycles. The molecule has 2 unspecified atom stereocenters. The molecule has 0 radical (unpaired) electrons. The fraction of sp³-hybridized carbons (Fsp3) is 1.00. The fourth-order valence-electron chi connectivity index (χ4n) is 3.35. The molecule has 0 amide bonds. The van der Waals surface area contributed by atoms with E-state index in [2.05, 4.69) is 41.5 Å². The lowest BCUT2D eigenvalue weighted by molar-refractivity contribution is -0.0148. The van der Waals surface area contributed by atoms with Crippen LogP contribution in [0.3, 0.4) is 0 Å². The van der Waals surface area contributed by atoms with Gasteiger partial charge in [0.1, 0.15) is 0 Å². The highest BCUT2D eigenvalue weighted by atomic mass is 32.1. The van der Waals surface area contributed by atoms with Gasteiger partial charge in [0.25, 0.3) is 0 Å². The highest BCUT2D eigenvalue weighted by Gasteiger charge is 2.47. The highest BCUT2D eigenvalue weighted by molar-refractivity contribution is 7.81. The molecule has 0 heterocycles. The van der Waals surface area contributed by atoms with Crippen molar-refractivity contribution in [3.63, 3.8) is 0 Å². The van der Waals surface area contributed by atoms with E-state index in [9.17, 15) is 0 Å². The molecule has 15 heavy (non-hydrogen) atoms. The second-order valence-corrected chi connectivity index (χ2v) is 8.74. The van der Waals surface area contributed by atoms with Crippen molar-refractivity contribution in [1.29, 1.82) is 0 Å². The lowest BCUT2D eigenvalue weighted by atomic mass is 9.53. The summed E-state index contributed by atoms with van der Waals surface area (Å²) in [5, 5.41) is 0. The maximum Gasteiger partial charge on any atom is 0.00785 e. The largest absolute Gasteiger partial charge is 0.173 e. The van der Waals surface area contributed by atoms with Gasteiger partial charge in [-0.1, -0.05) is 41.5 Å². The molecule has 90 valence electrons. The first-order chi connectivity index (χ1) is 6.54. The zero-order chi connectivity index (χ0) is 11.9. The first kappa shape index (κ1) is 13.4. The highest BCUT2D eigenvalue weighted by Crippen LogP contribution is 2.57. The van der Waals surface area contributed by atoms with Crippen LogP contribution in [0.1, 0.15) is 67.2 Å². The van der Waals surface area contributed by atoms with Gasteiger partial charge < -0.3 is 0 Å². The molecule has 1 rings (SSSR count).